The zero-order valence-electron chi connectivity index (χ0n) is 11.2. The van der Waals surface area contributed by atoms with Crippen LogP contribution in [0.1, 0.15) is 5.56 Å². The van der Waals surface area contributed by atoms with Gasteiger partial charge in [0.1, 0.15) is 5.82 Å². The number of rotatable bonds is 2. The number of aryl methyl sites for hydroxylation is 1. The van der Waals surface area contributed by atoms with E-state index < -0.39 is 11.8 Å². The lowest BCUT2D eigenvalue weighted by Crippen LogP contribution is -2.29. The van der Waals surface area contributed by atoms with Gasteiger partial charge in [-0.3, -0.25) is 9.59 Å². The van der Waals surface area contributed by atoms with Crippen LogP contribution in [0.5, 0.6) is 0 Å². The molecular formula is C14H13ClN4O2. The number of carbonyl (C=O) groups excluding carboxylic acids is 2. The fraction of sp³-hybridized carbons (Fsp3) is 0.0714. The molecule has 0 spiro atoms. The SMILES string of the molecule is Cc1ccnc(NC(=O)C(=O)Nc2ccc(N)c(Cl)c2)c1. The van der Waals surface area contributed by atoms with Gasteiger partial charge in [0, 0.05) is 11.9 Å². The Bertz CT molecular complexity index is 703. The topological polar surface area (TPSA) is 97.1 Å². The molecule has 1 heterocycles. The molecule has 0 radical (unpaired) electrons. The molecule has 0 saturated heterocycles. The third kappa shape index (κ3) is 3.93. The van der Waals surface area contributed by atoms with Gasteiger partial charge in [-0.15, -0.1) is 0 Å². The number of nitrogens with one attached hydrogen (secondary N) is 2. The molecule has 108 valence electrons. The normalized spacial score (nSPS) is 10.0. The van der Waals surface area contributed by atoms with Crippen molar-refractivity contribution in [3.05, 3.63) is 47.1 Å². The quantitative estimate of drug-likeness (QED) is 0.585. The highest BCUT2D eigenvalue weighted by Crippen LogP contribution is 2.22. The molecule has 1 aromatic heterocycles. The van der Waals surface area contributed by atoms with Gasteiger partial charge in [0.05, 0.1) is 10.7 Å². The van der Waals surface area contributed by atoms with Crippen molar-refractivity contribution in [2.45, 2.75) is 6.92 Å². The number of hydrogen-bond acceptors (Lipinski definition) is 4. The molecule has 1 aromatic carbocycles. The summed E-state index contributed by atoms with van der Waals surface area (Å²) >= 11 is 5.84. The van der Waals surface area contributed by atoms with E-state index in [9.17, 15) is 9.59 Å². The molecule has 0 fully saturated rings. The lowest BCUT2D eigenvalue weighted by Gasteiger charge is -2.07. The van der Waals surface area contributed by atoms with E-state index in [-0.39, 0.29) is 0 Å². The summed E-state index contributed by atoms with van der Waals surface area (Å²) in [6.07, 6.45) is 1.54. The van der Waals surface area contributed by atoms with Crippen LogP contribution in [0.15, 0.2) is 36.5 Å². The fourth-order valence-corrected chi connectivity index (χ4v) is 1.75. The number of nitrogens with zero attached hydrogens (tertiary/aromatic N) is 1. The lowest BCUT2D eigenvalue weighted by atomic mass is 10.3. The number of amides is 2. The van der Waals surface area contributed by atoms with Crippen LogP contribution in [0.3, 0.4) is 0 Å². The minimum atomic E-state index is -0.820. The van der Waals surface area contributed by atoms with E-state index in [1.165, 1.54) is 12.1 Å². The van der Waals surface area contributed by atoms with E-state index in [0.29, 0.717) is 22.2 Å². The highest BCUT2D eigenvalue weighted by atomic mass is 35.5. The summed E-state index contributed by atoms with van der Waals surface area (Å²) in [5.74, 6) is -1.33. The van der Waals surface area contributed by atoms with Crippen LogP contribution < -0.4 is 16.4 Å². The van der Waals surface area contributed by atoms with Crippen molar-refractivity contribution in [3.8, 4) is 0 Å². The van der Waals surface area contributed by atoms with Gasteiger partial charge in [0.15, 0.2) is 0 Å². The summed E-state index contributed by atoms with van der Waals surface area (Å²) in [5, 5.41) is 5.13. The van der Waals surface area contributed by atoms with Gasteiger partial charge in [0.25, 0.3) is 0 Å². The molecule has 0 saturated carbocycles. The summed E-state index contributed by atoms with van der Waals surface area (Å²) < 4.78 is 0. The molecule has 4 N–H and O–H groups in total. The Labute approximate surface area is 126 Å². The van der Waals surface area contributed by atoms with Crippen molar-refractivity contribution >= 4 is 40.6 Å². The number of carbonyl (C=O) groups is 2. The Morgan fingerprint density at radius 3 is 2.52 bits per heavy atom. The predicted molar refractivity (Wildman–Crippen MR) is 82.1 cm³/mol. The second kappa shape index (κ2) is 6.23. The van der Waals surface area contributed by atoms with Gasteiger partial charge in [0.2, 0.25) is 0 Å². The predicted octanol–water partition coefficient (Wildman–Crippen LogP) is 2.20. The Morgan fingerprint density at radius 1 is 1.14 bits per heavy atom. The molecule has 0 aliphatic heterocycles. The first-order valence-corrected chi connectivity index (χ1v) is 6.43. The molecule has 0 bridgehead atoms. The number of halogens is 1. The number of benzene rings is 1. The molecule has 0 atom stereocenters. The second-order valence-corrected chi connectivity index (χ2v) is 4.77. The molecule has 0 aliphatic carbocycles. The van der Waals surface area contributed by atoms with Crippen molar-refractivity contribution in [2.24, 2.45) is 0 Å². The Morgan fingerprint density at radius 2 is 1.86 bits per heavy atom. The molecule has 6 nitrogen and oxygen atoms in total. The molecule has 2 amide bonds. The zero-order valence-corrected chi connectivity index (χ0v) is 11.9. The maximum Gasteiger partial charge on any atom is 0.315 e. The fourth-order valence-electron chi connectivity index (χ4n) is 1.57. The number of anilines is 3. The van der Waals surface area contributed by atoms with Crippen LogP contribution in [0.25, 0.3) is 0 Å². The van der Waals surface area contributed by atoms with E-state index in [1.807, 2.05) is 6.92 Å². The van der Waals surface area contributed by atoms with Crippen LogP contribution in [0.2, 0.25) is 5.02 Å². The first kappa shape index (κ1) is 14.8. The monoisotopic (exact) mass is 304 g/mol. The smallest absolute Gasteiger partial charge is 0.315 e. The highest BCUT2D eigenvalue weighted by molar-refractivity contribution is 6.43. The van der Waals surface area contributed by atoms with Crippen LogP contribution in [-0.4, -0.2) is 16.8 Å². The minimum absolute atomic E-state index is 0.300. The van der Waals surface area contributed by atoms with E-state index in [2.05, 4.69) is 15.6 Å². The van der Waals surface area contributed by atoms with Gasteiger partial charge < -0.3 is 16.4 Å². The van der Waals surface area contributed by atoms with Crippen molar-refractivity contribution in [3.63, 3.8) is 0 Å². The Balaban J connectivity index is 2.02. The summed E-state index contributed by atoms with van der Waals surface area (Å²) in [5.41, 5.74) is 7.26. The van der Waals surface area contributed by atoms with E-state index >= 15 is 0 Å². The van der Waals surface area contributed by atoms with Crippen LogP contribution >= 0.6 is 11.6 Å². The van der Waals surface area contributed by atoms with Crippen LogP contribution in [0.4, 0.5) is 17.2 Å². The van der Waals surface area contributed by atoms with Gasteiger partial charge in [-0.25, -0.2) is 4.98 Å². The van der Waals surface area contributed by atoms with E-state index in [0.717, 1.165) is 5.56 Å². The van der Waals surface area contributed by atoms with Gasteiger partial charge >= 0.3 is 11.8 Å². The third-order valence-corrected chi connectivity index (χ3v) is 2.95. The van der Waals surface area contributed by atoms with Gasteiger partial charge in [-0.2, -0.15) is 0 Å². The van der Waals surface area contributed by atoms with Crippen molar-refractivity contribution in [1.82, 2.24) is 4.98 Å². The Hall–Kier alpha value is -2.60. The highest BCUT2D eigenvalue weighted by Gasteiger charge is 2.15. The van der Waals surface area contributed by atoms with Gasteiger partial charge in [-0.05, 0) is 42.8 Å². The number of pyridine rings is 1. The third-order valence-electron chi connectivity index (χ3n) is 2.62. The molecule has 2 aromatic rings. The number of nitrogen functional groups attached to an aromatic ring is 1. The standard InChI is InChI=1S/C14H13ClN4O2/c1-8-4-5-17-12(6-8)19-14(21)13(20)18-9-2-3-11(16)10(15)7-9/h2-7H,16H2,1H3,(H,18,20)(H,17,19,21). The summed E-state index contributed by atoms with van der Waals surface area (Å²) in [6.45, 7) is 1.85. The molecule has 0 unspecified atom stereocenters. The number of nitrogens with two attached hydrogens (primary N) is 1. The number of hydrogen-bond donors (Lipinski definition) is 3. The molecule has 2 rings (SSSR count). The molecule has 0 aliphatic rings. The van der Waals surface area contributed by atoms with E-state index in [4.69, 9.17) is 17.3 Å². The first-order chi connectivity index (χ1) is 9.95. The first-order valence-electron chi connectivity index (χ1n) is 6.06. The van der Waals surface area contributed by atoms with Crippen molar-refractivity contribution < 1.29 is 9.59 Å². The van der Waals surface area contributed by atoms with E-state index in [1.54, 1.807) is 24.4 Å². The largest absolute Gasteiger partial charge is 0.398 e. The van der Waals surface area contributed by atoms with Crippen molar-refractivity contribution in [1.29, 1.82) is 0 Å². The molecular weight excluding hydrogens is 292 g/mol. The van der Waals surface area contributed by atoms with Gasteiger partial charge in [-0.1, -0.05) is 11.6 Å². The average molecular weight is 305 g/mol. The van der Waals surface area contributed by atoms with Crippen molar-refractivity contribution in [2.75, 3.05) is 16.4 Å². The second-order valence-electron chi connectivity index (χ2n) is 4.36. The molecule has 7 heteroatoms. The maximum atomic E-state index is 11.8. The summed E-state index contributed by atoms with van der Waals surface area (Å²) in [6, 6.07) is 8.00. The summed E-state index contributed by atoms with van der Waals surface area (Å²) in [7, 11) is 0. The molecule has 21 heavy (non-hydrogen) atoms. The summed E-state index contributed by atoms with van der Waals surface area (Å²) in [4.78, 5) is 27.5. The maximum absolute atomic E-state index is 11.8. The Kier molecular flexibility index (Phi) is 4.39. The minimum Gasteiger partial charge on any atom is -0.398 e. The van der Waals surface area contributed by atoms with Crippen LogP contribution in [-0.2, 0) is 9.59 Å². The average Bonchev–Trinajstić information content (AvgIpc) is 2.43. The lowest BCUT2D eigenvalue weighted by molar-refractivity contribution is -0.133. The van der Waals surface area contributed by atoms with Crippen LogP contribution in [0, 0.1) is 6.92 Å². The zero-order chi connectivity index (χ0) is 15.4. The number of aromatic nitrogens is 1.